The predicted octanol–water partition coefficient (Wildman–Crippen LogP) is 4.22. The Kier molecular flexibility index (Phi) is 6.44. The number of fused-ring (bicyclic) bond motifs is 4. The van der Waals surface area contributed by atoms with Crippen molar-refractivity contribution in [3.8, 4) is 17.2 Å². The highest BCUT2D eigenvalue weighted by molar-refractivity contribution is 6.27. The first-order chi connectivity index (χ1) is 18.9. The molecule has 1 unspecified atom stereocenters. The molecule has 1 heterocycles. The molecule has 0 aromatic heterocycles. The standard InChI is InChI=1S/C30H25F2NO7/c1-5-14-6-7-15-8-18(31)19(32)9-16(15)17(14)12-33-29(38)25-22(39-4)10-21(36)26-27(25)40-23-11-20(35)24(13(2)34)28(37)30(23,26)3/h6-11,24,36H,5,12H2,1-4H3,(H,33,38)/t24?,30-/m1/s1. The van der Waals surface area contributed by atoms with Crippen LogP contribution in [-0.4, -0.2) is 35.5 Å². The number of phenolic OH excluding ortho intramolecular Hbond substituents is 1. The summed E-state index contributed by atoms with van der Waals surface area (Å²) in [5, 5.41) is 14.5. The molecule has 1 amide bonds. The minimum absolute atomic E-state index is 0.0644. The molecule has 40 heavy (non-hydrogen) atoms. The van der Waals surface area contributed by atoms with E-state index >= 15 is 0 Å². The molecular formula is C30H25F2NO7. The fraction of sp³-hybridized carbons (Fsp3) is 0.267. The number of ketones is 3. The Bertz CT molecular complexity index is 1690. The molecule has 1 aliphatic heterocycles. The Balaban J connectivity index is 1.59. The number of ether oxygens (including phenoxy) is 2. The number of Topliss-reactive ketones (excluding diaryl/α,β-unsaturated/α-hetero) is 2. The molecule has 2 N–H and O–H groups in total. The summed E-state index contributed by atoms with van der Waals surface area (Å²) in [6.45, 7) is 4.36. The molecular weight excluding hydrogens is 524 g/mol. The first-order valence-corrected chi connectivity index (χ1v) is 12.5. The van der Waals surface area contributed by atoms with Crippen LogP contribution in [0.3, 0.4) is 0 Å². The number of hydrogen-bond acceptors (Lipinski definition) is 7. The zero-order chi connectivity index (χ0) is 29.1. The second kappa shape index (κ2) is 9.55. The van der Waals surface area contributed by atoms with Gasteiger partial charge in [0.05, 0.1) is 12.7 Å². The second-order valence-electron chi connectivity index (χ2n) is 9.95. The van der Waals surface area contributed by atoms with Crippen molar-refractivity contribution in [1.29, 1.82) is 0 Å². The monoisotopic (exact) mass is 549 g/mol. The summed E-state index contributed by atoms with van der Waals surface area (Å²) < 4.78 is 39.2. The second-order valence-corrected chi connectivity index (χ2v) is 9.95. The molecule has 0 saturated carbocycles. The van der Waals surface area contributed by atoms with E-state index in [4.69, 9.17) is 9.47 Å². The summed E-state index contributed by atoms with van der Waals surface area (Å²) in [4.78, 5) is 51.8. The normalized spacial score (nSPS) is 19.6. The topological polar surface area (TPSA) is 119 Å². The van der Waals surface area contributed by atoms with Crippen molar-refractivity contribution in [1.82, 2.24) is 5.32 Å². The largest absolute Gasteiger partial charge is 0.507 e. The van der Waals surface area contributed by atoms with Gasteiger partial charge in [-0.15, -0.1) is 0 Å². The van der Waals surface area contributed by atoms with Crippen LogP contribution in [0.4, 0.5) is 8.78 Å². The van der Waals surface area contributed by atoms with Crippen LogP contribution in [0.5, 0.6) is 17.2 Å². The summed E-state index contributed by atoms with van der Waals surface area (Å²) in [5.41, 5.74) is -0.526. The van der Waals surface area contributed by atoms with Crippen molar-refractivity contribution in [2.24, 2.45) is 5.92 Å². The molecule has 0 fully saturated rings. The molecule has 8 nitrogen and oxygen atoms in total. The van der Waals surface area contributed by atoms with E-state index in [1.807, 2.05) is 6.92 Å². The van der Waals surface area contributed by atoms with Gasteiger partial charge < -0.3 is 19.9 Å². The van der Waals surface area contributed by atoms with Gasteiger partial charge in [-0.1, -0.05) is 19.1 Å². The molecule has 2 atom stereocenters. The van der Waals surface area contributed by atoms with Crippen molar-refractivity contribution >= 4 is 34.0 Å². The van der Waals surface area contributed by atoms with E-state index in [0.717, 1.165) is 36.8 Å². The molecule has 0 bridgehead atoms. The van der Waals surface area contributed by atoms with E-state index in [1.54, 1.807) is 12.1 Å². The number of allylic oxidation sites excluding steroid dienone is 2. The minimum Gasteiger partial charge on any atom is -0.507 e. The van der Waals surface area contributed by atoms with Gasteiger partial charge in [0.1, 0.15) is 39.9 Å². The molecule has 2 aliphatic rings. The number of carbonyl (C=O) groups excluding carboxylic acids is 4. The van der Waals surface area contributed by atoms with Gasteiger partial charge >= 0.3 is 0 Å². The van der Waals surface area contributed by atoms with Gasteiger partial charge in [-0.25, -0.2) is 8.78 Å². The number of aromatic hydroxyl groups is 1. The van der Waals surface area contributed by atoms with Crippen LogP contribution in [0.25, 0.3) is 10.8 Å². The van der Waals surface area contributed by atoms with Gasteiger partial charge in [-0.05, 0) is 54.3 Å². The third kappa shape index (κ3) is 3.85. The van der Waals surface area contributed by atoms with E-state index in [1.165, 1.54) is 14.0 Å². The highest BCUT2D eigenvalue weighted by atomic mass is 19.2. The molecule has 0 spiro atoms. The van der Waals surface area contributed by atoms with Crippen molar-refractivity contribution in [2.75, 3.05) is 7.11 Å². The Hall–Kier alpha value is -4.60. The van der Waals surface area contributed by atoms with Crippen LogP contribution in [-0.2, 0) is 32.8 Å². The van der Waals surface area contributed by atoms with Gasteiger partial charge in [0.15, 0.2) is 29.0 Å². The maximum atomic E-state index is 14.1. The molecule has 0 radical (unpaired) electrons. The molecule has 3 aromatic carbocycles. The third-order valence-corrected chi connectivity index (χ3v) is 7.67. The molecule has 0 saturated heterocycles. The highest BCUT2D eigenvalue weighted by Crippen LogP contribution is 2.56. The molecule has 10 heteroatoms. The summed E-state index contributed by atoms with van der Waals surface area (Å²) in [6, 6.07) is 6.77. The summed E-state index contributed by atoms with van der Waals surface area (Å²) in [5.74, 6) is -7.24. The predicted molar refractivity (Wildman–Crippen MR) is 139 cm³/mol. The maximum Gasteiger partial charge on any atom is 0.259 e. The number of rotatable bonds is 6. The first-order valence-electron chi connectivity index (χ1n) is 12.5. The Morgan fingerprint density at radius 2 is 1.85 bits per heavy atom. The number of aryl methyl sites for hydroxylation is 1. The number of amides is 1. The van der Waals surface area contributed by atoms with E-state index in [0.29, 0.717) is 22.8 Å². The van der Waals surface area contributed by atoms with Crippen LogP contribution < -0.4 is 14.8 Å². The van der Waals surface area contributed by atoms with E-state index in [-0.39, 0.29) is 34.9 Å². The first kappa shape index (κ1) is 27.0. The zero-order valence-corrected chi connectivity index (χ0v) is 22.1. The Morgan fingerprint density at radius 3 is 2.50 bits per heavy atom. The molecule has 1 aliphatic carbocycles. The summed E-state index contributed by atoms with van der Waals surface area (Å²) in [6.07, 6.45) is 1.60. The average Bonchev–Trinajstić information content (AvgIpc) is 3.20. The van der Waals surface area contributed by atoms with E-state index in [9.17, 15) is 33.1 Å². The van der Waals surface area contributed by atoms with Gasteiger partial charge in [0.25, 0.3) is 5.91 Å². The van der Waals surface area contributed by atoms with Crippen LogP contribution in [0.15, 0.2) is 42.2 Å². The lowest BCUT2D eigenvalue weighted by atomic mass is 9.67. The quantitative estimate of drug-likeness (QED) is 0.442. The van der Waals surface area contributed by atoms with Crippen LogP contribution in [0, 0.1) is 17.6 Å². The van der Waals surface area contributed by atoms with Crippen LogP contribution >= 0.6 is 0 Å². The van der Waals surface area contributed by atoms with Crippen molar-refractivity contribution in [3.63, 3.8) is 0 Å². The van der Waals surface area contributed by atoms with Crippen molar-refractivity contribution in [2.45, 2.75) is 39.2 Å². The fourth-order valence-electron chi connectivity index (χ4n) is 5.57. The van der Waals surface area contributed by atoms with Gasteiger partial charge in [-0.2, -0.15) is 0 Å². The molecule has 206 valence electrons. The number of nitrogens with one attached hydrogen (secondary N) is 1. The van der Waals surface area contributed by atoms with E-state index in [2.05, 4.69) is 5.32 Å². The summed E-state index contributed by atoms with van der Waals surface area (Å²) in [7, 11) is 1.28. The van der Waals surface area contributed by atoms with Crippen LogP contribution in [0.1, 0.15) is 47.8 Å². The lowest BCUT2D eigenvalue weighted by molar-refractivity contribution is -0.140. The Labute approximate surface area is 227 Å². The van der Waals surface area contributed by atoms with Gasteiger partial charge in [0, 0.05) is 18.7 Å². The highest BCUT2D eigenvalue weighted by Gasteiger charge is 2.58. The van der Waals surface area contributed by atoms with Crippen molar-refractivity contribution in [3.05, 3.63) is 76.1 Å². The van der Waals surface area contributed by atoms with E-state index < -0.39 is 52.0 Å². The Morgan fingerprint density at radius 1 is 1.15 bits per heavy atom. The number of halogens is 2. The number of phenols is 1. The van der Waals surface area contributed by atoms with Crippen molar-refractivity contribution < 1.29 is 42.5 Å². The lowest BCUT2D eigenvalue weighted by Gasteiger charge is -2.30. The smallest absolute Gasteiger partial charge is 0.259 e. The number of carbonyl (C=O) groups is 4. The van der Waals surface area contributed by atoms with Gasteiger partial charge in [0.2, 0.25) is 0 Å². The SMILES string of the molecule is CCc1ccc2cc(F)c(F)cc2c1CNC(=O)c1c(OC)cc(O)c2c1OC1=CC(=O)C(C(C)=O)C(=O)[C@]12C. The number of benzene rings is 3. The fourth-order valence-corrected chi connectivity index (χ4v) is 5.57. The average molecular weight is 550 g/mol. The number of hydrogen-bond donors (Lipinski definition) is 2. The van der Waals surface area contributed by atoms with Crippen LogP contribution in [0.2, 0.25) is 0 Å². The molecule has 3 aromatic rings. The lowest BCUT2D eigenvalue weighted by Crippen LogP contribution is -2.47. The third-order valence-electron chi connectivity index (χ3n) is 7.67. The molecule has 5 rings (SSSR count). The van der Waals surface area contributed by atoms with Gasteiger partial charge in [-0.3, -0.25) is 19.2 Å². The maximum absolute atomic E-state index is 14.1. The number of methoxy groups -OCH3 is 1. The minimum atomic E-state index is -1.70. The zero-order valence-electron chi connectivity index (χ0n) is 22.1. The summed E-state index contributed by atoms with van der Waals surface area (Å²) >= 11 is 0.